The normalized spacial score (nSPS) is 11.5. The smallest absolute Gasteiger partial charge is 0.279 e. The molecule has 0 radical (unpaired) electrons. The molecular weight excluding hydrogens is 271 g/mol. The number of hydrogen-bond donors (Lipinski definition) is 3. The zero-order valence-corrected chi connectivity index (χ0v) is 11.0. The molecule has 8 heteroatoms. The lowest BCUT2D eigenvalue weighted by molar-refractivity contribution is 0.597. The summed E-state index contributed by atoms with van der Waals surface area (Å²) in [6.45, 7) is 1.85. The molecule has 6 nitrogen and oxygen atoms in total. The molecule has 0 bridgehead atoms. The summed E-state index contributed by atoms with van der Waals surface area (Å²) in [7, 11) is -3.81. The van der Waals surface area contributed by atoms with Crippen LogP contribution >= 0.6 is 0 Å². The monoisotopic (exact) mass is 284 g/mol. The van der Waals surface area contributed by atoms with Crippen molar-refractivity contribution in [1.82, 2.24) is 9.97 Å². The summed E-state index contributed by atoms with van der Waals surface area (Å²) in [6.07, 6.45) is 1.81. The number of nitrogen functional groups attached to an aromatic ring is 1. The molecule has 2 rings (SSSR count). The molecule has 0 aliphatic heterocycles. The van der Waals surface area contributed by atoms with Crippen LogP contribution in [-0.4, -0.2) is 18.4 Å². The third-order valence-electron chi connectivity index (χ3n) is 2.49. The Bertz CT molecular complexity index is 696. The van der Waals surface area contributed by atoms with Crippen LogP contribution in [0.4, 0.5) is 15.8 Å². The van der Waals surface area contributed by atoms with Crippen LogP contribution in [0, 0.1) is 5.82 Å². The molecule has 1 aromatic heterocycles. The minimum Gasteiger partial charge on any atom is -0.397 e. The summed E-state index contributed by atoms with van der Waals surface area (Å²) in [6, 6.07) is 3.43. The predicted molar refractivity (Wildman–Crippen MR) is 69.6 cm³/mol. The summed E-state index contributed by atoms with van der Waals surface area (Å²) in [4.78, 5) is 6.59. The number of nitrogens with zero attached hydrogens (tertiary/aromatic N) is 1. The maximum absolute atomic E-state index is 12.9. The number of nitrogens with one attached hydrogen (secondary N) is 2. The van der Waals surface area contributed by atoms with Crippen LogP contribution in [0.15, 0.2) is 29.4 Å². The summed E-state index contributed by atoms with van der Waals surface area (Å²) >= 11 is 0. The van der Waals surface area contributed by atoms with Crippen LogP contribution in [0.1, 0.15) is 12.7 Å². The average Bonchev–Trinajstić information content (AvgIpc) is 2.82. The third-order valence-corrected chi connectivity index (χ3v) is 3.76. The number of H-pyrrole nitrogens is 1. The number of sulfonamides is 1. The SMILES string of the molecule is CCc1ncc(S(=O)(=O)Nc2ccc(F)cc2N)[nH]1. The van der Waals surface area contributed by atoms with Crippen molar-refractivity contribution in [1.29, 1.82) is 0 Å². The van der Waals surface area contributed by atoms with Gasteiger partial charge in [-0.3, -0.25) is 4.72 Å². The van der Waals surface area contributed by atoms with E-state index in [1.807, 2.05) is 6.92 Å². The fourth-order valence-electron chi connectivity index (χ4n) is 1.49. The maximum Gasteiger partial charge on any atom is 0.279 e. The number of rotatable bonds is 4. The van der Waals surface area contributed by atoms with E-state index in [0.717, 1.165) is 12.1 Å². The fourth-order valence-corrected chi connectivity index (χ4v) is 2.51. The molecule has 0 saturated heterocycles. The topological polar surface area (TPSA) is 101 Å². The van der Waals surface area contributed by atoms with E-state index < -0.39 is 15.8 Å². The minimum absolute atomic E-state index is 0.0128. The Kier molecular flexibility index (Phi) is 3.43. The highest BCUT2D eigenvalue weighted by molar-refractivity contribution is 7.92. The molecule has 0 aliphatic rings. The molecule has 19 heavy (non-hydrogen) atoms. The Balaban J connectivity index is 2.30. The Hall–Kier alpha value is -2.09. The first-order chi connectivity index (χ1) is 8.92. The van der Waals surface area contributed by atoms with Crippen LogP contribution in [0.25, 0.3) is 0 Å². The van der Waals surface area contributed by atoms with E-state index in [2.05, 4.69) is 14.7 Å². The predicted octanol–water partition coefficient (Wildman–Crippen LogP) is 1.49. The van der Waals surface area contributed by atoms with Gasteiger partial charge < -0.3 is 10.7 Å². The Morgan fingerprint density at radius 2 is 2.21 bits per heavy atom. The maximum atomic E-state index is 12.9. The highest BCUT2D eigenvalue weighted by Crippen LogP contribution is 2.22. The quantitative estimate of drug-likeness (QED) is 0.740. The molecular formula is C11H13FN4O2S. The van der Waals surface area contributed by atoms with E-state index in [4.69, 9.17) is 5.73 Å². The van der Waals surface area contributed by atoms with E-state index in [0.29, 0.717) is 12.2 Å². The zero-order chi connectivity index (χ0) is 14.0. The Labute approximate surface area is 109 Å². The average molecular weight is 284 g/mol. The first-order valence-corrected chi connectivity index (χ1v) is 7.02. The van der Waals surface area contributed by atoms with Gasteiger partial charge in [0.05, 0.1) is 17.6 Å². The van der Waals surface area contributed by atoms with Gasteiger partial charge in [0, 0.05) is 6.42 Å². The van der Waals surface area contributed by atoms with Crippen molar-refractivity contribution in [2.24, 2.45) is 0 Å². The van der Waals surface area contributed by atoms with Crippen LogP contribution in [0.5, 0.6) is 0 Å². The number of hydrogen-bond acceptors (Lipinski definition) is 4. The van der Waals surface area contributed by atoms with Gasteiger partial charge in [-0.05, 0) is 18.2 Å². The van der Waals surface area contributed by atoms with Crippen LogP contribution < -0.4 is 10.5 Å². The van der Waals surface area contributed by atoms with Gasteiger partial charge in [-0.1, -0.05) is 6.92 Å². The highest BCUT2D eigenvalue weighted by atomic mass is 32.2. The number of aromatic amines is 1. The Morgan fingerprint density at radius 1 is 1.47 bits per heavy atom. The van der Waals surface area contributed by atoms with Crippen molar-refractivity contribution in [2.75, 3.05) is 10.5 Å². The van der Waals surface area contributed by atoms with Crippen LogP contribution in [-0.2, 0) is 16.4 Å². The van der Waals surface area contributed by atoms with Gasteiger partial charge in [0.2, 0.25) is 0 Å². The standard InChI is InChI=1S/C11H13FN4O2S/c1-2-10-14-6-11(15-10)19(17,18)16-9-4-3-7(12)5-8(9)13/h3-6,16H,2,13H2,1H3,(H,14,15). The van der Waals surface area contributed by atoms with Gasteiger partial charge in [0.15, 0.2) is 5.03 Å². The lowest BCUT2D eigenvalue weighted by atomic mass is 10.3. The number of nitrogens with two attached hydrogens (primary N) is 1. The molecule has 0 spiro atoms. The molecule has 0 amide bonds. The second-order valence-corrected chi connectivity index (χ2v) is 5.54. The molecule has 102 valence electrons. The molecule has 1 aromatic carbocycles. The first-order valence-electron chi connectivity index (χ1n) is 5.54. The number of benzene rings is 1. The number of imidazole rings is 1. The molecule has 0 fully saturated rings. The van der Waals surface area contributed by atoms with Crippen molar-refractivity contribution in [3.8, 4) is 0 Å². The highest BCUT2D eigenvalue weighted by Gasteiger charge is 2.18. The van der Waals surface area contributed by atoms with Crippen molar-refractivity contribution >= 4 is 21.4 Å². The van der Waals surface area contributed by atoms with Gasteiger partial charge in [-0.15, -0.1) is 0 Å². The summed E-state index contributed by atoms with van der Waals surface area (Å²) in [5.74, 6) is 0.0303. The number of anilines is 2. The van der Waals surface area contributed by atoms with E-state index in [1.54, 1.807) is 0 Å². The Morgan fingerprint density at radius 3 is 2.79 bits per heavy atom. The molecule has 1 heterocycles. The van der Waals surface area contributed by atoms with Crippen molar-refractivity contribution in [2.45, 2.75) is 18.4 Å². The molecule has 0 unspecified atom stereocenters. The molecule has 2 aromatic rings. The van der Waals surface area contributed by atoms with Gasteiger partial charge in [-0.25, -0.2) is 9.37 Å². The van der Waals surface area contributed by atoms with Gasteiger partial charge in [-0.2, -0.15) is 8.42 Å². The third kappa shape index (κ3) is 2.84. The lowest BCUT2D eigenvalue weighted by Crippen LogP contribution is -2.14. The fraction of sp³-hybridized carbons (Fsp3) is 0.182. The van der Waals surface area contributed by atoms with E-state index >= 15 is 0 Å². The van der Waals surface area contributed by atoms with Crippen LogP contribution in [0.2, 0.25) is 0 Å². The number of aryl methyl sites for hydroxylation is 1. The largest absolute Gasteiger partial charge is 0.397 e. The second-order valence-electron chi connectivity index (χ2n) is 3.88. The number of halogens is 1. The summed E-state index contributed by atoms with van der Waals surface area (Å²) < 4.78 is 39.2. The number of aromatic nitrogens is 2. The van der Waals surface area contributed by atoms with Crippen LogP contribution in [0.3, 0.4) is 0 Å². The molecule has 0 saturated carbocycles. The van der Waals surface area contributed by atoms with Crippen molar-refractivity contribution in [3.05, 3.63) is 36.0 Å². The van der Waals surface area contributed by atoms with Crippen molar-refractivity contribution < 1.29 is 12.8 Å². The van der Waals surface area contributed by atoms with E-state index in [1.165, 1.54) is 12.3 Å². The second kappa shape index (κ2) is 4.88. The zero-order valence-electron chi connectivity index (χ0n) is 10.1. The molecule has 0 aliphatic carbocycles. The molecule has 0 atom stereocenters. The van der Waals surface area contributed by atoms with Gasteiger partial charge in [0.1, 0.15) is 11.6 Å². The lowest BCUT2D eigenvalue weighted by Gasteiger charge is -2.08. The van der Waals surface area contributed by atoms with Gasteiger partial charge in [0.25, 0.3) is 10.0 Å². The first kappa shape index (κ1) is 13.3. The molecule has 4 N–H and O–H groups in total. The van der Waals surface area contributed by atoms with Gasteiger partial charge >= 0.3 is 0 Å². The van der Waals surface area contributed by atoms with Crippen molar-refractivity contribution in [3.63, 3.8) is 0 Å². The van der Waals surface area contributed by atoms with E-state index in [9.17, 15) is 12.8 Å². The summed E-state index contributed by atoms with van der Waals surface area (Å²) in [5.41, 5.74) is 5.68. The minimum atomic E-state index is -3.81. The van der Waals surface area contributed by atoms with E-state index in [-0.39, 0.29) is 16.4 Å². The summed E-state index contributed by atoms with van der Waals surface area (Å²) in [5, 5.41) is -0.0620.